The summed E-state index contributed by atoms with van der Waals surface area (Å²) in [4.78, 5) is 16.9. The normalized spacial score (nSPS) is 22.6. The fraction of sp³-hybridized carbons (Fsp3) is 0.423. The molecule has 3 aliphatic rings. The SMILES string of the molecule is O=C(NCC1CCCCC1)[C@@H]1Cc2c([nH]c3ccccc23)[C@H](c2ccc3c(c2)OCO3)N1. The van der Waals surface area contributed by atoms with Gasteiger partial charge in [-0.15, -0.1) is 0 Å². The average Bonchev–Trinajstić information content (AvgIpc) is 3.46. The maximum absolute atomic E-state index is 13.2. The molecule has 32 heavy (non-hydrogen) atoms. The van der Waals surface area contributed by atoms with Gasteiger partial charge in [0.2, 0.25) is 12.7 Å². The van der Waals surface area contributed by atoms with Crippen LogP contribution < -0.4 is 20.1 Å². The van der Waals surface area contributed by atoms with Gasteiger partial charge in [-0.3, -0.25) is 10.1 Å². The van der Waals surface area contributed by atoms with Crippen LogP contribution in [0, 0.1) is 5.92 Å². The Bertz CT molecular complexity index is 1150. The van der Waals surface area contributed by atoms with E-state index in [1.54, 1.807) is 0 Å². The molecule has 0 bridgehead atoms. The predicted molar refractivity (Wildman–Crippen MR) is 123 cm³/mol. The zero-order valence-corrected chi connectivity index (χ0v) is 18.2. The first-order chi connectivity index (χ1) is 15.8. The highest BCUT2D eigenvalue weighted by Crippen LogP contribution is 2.39. The molecule has 1 aromatic heterocycles. The molecular weight excluding hydrogens is 402 g/mol. The highest BCUT2D eigenvalue weighted by molar-refractivity contribution is 5.88. The van der Waals surface area contributed by atoms with Crippen LogP contribution in [0.3, 0.4) is 0 Å². The van der Waals surface area contributed by atoms with Crippen LogP contribution in [0.15, 0.2) is 42.5 Å². The van der Waals surface area contributed by atoms with Gasteiger partial charge in [0, 0.05) is 23.1 Å². The van der Waals surface area contributed by atoms with Gasteiger partial charge < -0.3 is 19.8 Å². The van der Waals surface area contributed by atoms with E-state index in [0.29, 0.717) is 12.3 Å². The Balaban J connectivity index is 1.31. The Hall–Kier alpha value is -2.99. The number of fused-ring (bicyclic) bond motifs is 4. The van der Waals surface area contributed by atoms with Crippen molar-refractivity contribution in [2.24, 2.45) is 5.92 Å². The van der Waals surface area contributed by atoms with Gasteiger partial charge in [0.15, 0.2) is 11.5 Å². The number of aromatic amines is 1. The molecule has 2 aromatic carbocycles. The molecule has 3 heterocycles. The van der Waals surface area contributed by atoms with Gasteiger partial charge in [-0.1, -0.05) is 43.5 Å². The third-order valence-corrected chi connectivity index (χ3v) is 7.25. The Morgan fingerprint density at radius 3 is 2.78 bits per heavy atom. The zero-order chi connectivity index (χ0) is 21.5. The summed E-state index contributed by atoms with van der Waals surface area (Å²) in [5.41, 5.74) is 4.52. The number of hydrogen-bond acceptors (Lipinski definition) is 4. The van der Waals surface area contributed by atoms with E-state index in [0.717, 1.165) is 34.8 Å². The van der Waals surface area contributed by atoms with Crippen LogP contribution in [-0.4, -0.2) is 30.3 Å². The monoisotopic (exact) mass is 431 g/mol. The lowest BCUT2D eigenvalue weighted by molar-refractivity contribution is -0.123. The minimum absolute atomic E-state index is 0.0947. The molecule has 1 amide bonds. The zero-order valence-electron chi connectivity index (χ0n) is 18.2. The van der Waals surface area contributed by atoms with Gasteiger partial charge in [0.25, 0.3) is 0 Å². The number of ether oxygens (including phenoxy) is 2. The summed E-state index contributed by atoms with van der Waals surface area (Å²) in [5.74, 6) is 2.23. The fourth-order valence-electron chi connectivity index (χ4n) is 5.52. The molecule has 3 aromatic rings. The van der Waals surface area contributed by atoms with E-state index in [1.807, 2.05) is 18.2 Å². The number of aromatic nitrogens is 1. The molecule has 6 nitrogen and oxygen atoms in total. The molecule has 2 atom stereocenters. The summed E-state index contributed by atoms with van der Waals surface area (Å²) in [7, 11) is 0. The van der Waals surface area contributed by atoms with Crippen molar-refractivity contribution in [2.75, 3.05) is 13.3 Å². The molecule has 0 unspecified atom stereocenters. The highest BCUT2D eigenvalue weighted by atomic mass is 16.7. The van der Waals surface area contributed by atoms with E-state index in [4.69, 9.17) is 9.47 Å². The van der Waals surface area contributed by atoms with Crippen LogP contribution >= 0.6 is 0 Å². The third kappa shape index (κ3) is 3.52. The first-order valence-electron chi connectivity index (χ1n) is 11.8. The van der Waals surface area contributed by atoms with Crippen molar-refractivity contribution >= 4 is 16.8 Å². The van der Waals surface area contributed by atoms with Gasteiger partial charge in [0.05, 0.1) is 12.1 Å². The van der Waals surface area contributed by atoms with Crippen LogP contribution in [0.5, 0.6) is 11.5 Å². The smallest absolute Gasteiger partial charge is 0.237 e. The first kappa shape index (κ1) is 19.7. The van der Waals surface area contributed by atoms with E-state index in [1.165, 1.54) is 43.1 Å². The third-order valence-electron chi connectivity index (χ3n) is 7.25. The summed E-state index contributed by atoms with van der Waals surface area (Å²) in [5, 5.41) is 8.07. The number of nitrogens with one attached hydrogen (secondary N) is 3. The Labute approximate surface area is 187 Å². The minimum Gasteiger partial charge on any atom is -0.454 e. The van der Waals surface area contributed by atoms with Gasteiger partial charge in [-0.25, -0.2) is 0 Å². The second kappa shape index (κ2) is 8.17. The van der Waals surface area contributed by atoms with Crippen molar-refractivity contribution in [1.29, 1.82) is 0 Å². The van der Waals surface area contributed by atoms with Crippen LogP contribution in [0.4, 0.5) is 0 Å². The minimum atomic E-state index is -0.277. The highest BCUT2D eigenvalue weighted by Gasteiger charge is 2.34. The number of carbonyl (C=O) groups is 1. The van der Waals surface area contributed by atoms with Crippen LogP contribution in [0.1, 0.15) is 55.0 Å². The van der Waals surface area contributed by atoms with Gasteiger partial charge >= 0.3 is 0 Å². The largest absolute Gasteiger partial charge is 0.454 e. The number of H-pyrrole nitrogens is 1. The maximum Gasteiger partial charge on any atom is 0.237 e. The lowest BCUT2D eigenvalue weighted by Gasteiger charge is -2.32. The fourth-order valence-corrected chi connectivity index (χ4v) is 5.52. The summed E-state index contributed by atoms with van der Waals surface area (Å²) < 4.78 is 11.1. The molecule has 2 aliphatic heterocycles. The number of benzene rings is 2. The summed E-state index contributed by atoms with van der Waals surface area (Å²) in [6.45, 7) is 1.03. The second-order valence-electron chi connectivity index (χ2n) is 9.28. The van der Waals surface area contributed by atoms with Crippen molar-refractivity contribution < 1.29 is 14.3 Å². The molecule has 0 saturated heterocycles. The van der Waals surface area contributed by atoms with E-state index < -0.39 is 0 Å². The summed E-state index contributed by atoms with van der Waals surface area (Å²) in [6, 6.07) is 14.0. The molecule has 1 fully saturated rings. The average molecular weight is 432 g/mol. The van der Waals surface area contributed by atoms with Gasteiger partial charge in [0.1, 0.15) is 0 Å². The number of para-hydroxylation sites is 1. The lowest BCUT2D eigenvalue weighted by atomic mass is 9.88. The van der Waals surface area contributed by atoms with Crippen molar-refractivity contribution in [1.82, 2.24) is 15.6 Å². The molecule has 0 radical (unpaired) electrons. The molecule has 6 rings (SSSR count). The Morgan fingerprint density at radius 2 is 1.88 bits per heavy atom. The molecule has 166 valence electrons. The summed E-state index contributed by atoms with van der Waals surface area (Å²) in [6.07, 6.45) is 7.03. The van der Waals surface area contributed by atoms with Crippen LogP contribution in [0.2, 0.25) is 0 Å². The first-order valence-corrected chi connectivity index (χ1v) is 11.8. The molecule has 6 heteroatoms. The predicted octanol–water partition coefficient (Wildman–Crippen LogP) is 4.20. The quantitative estimate of drug-likeness (QED) is 0.579. The standard InChI is InChI=1S/C26H29N3O3/c30-26(27-14-16-6-2-1-3-7-16)21-13-19-18-8-4-5-9-20(18)28-25(19)24(29-21)17-10-11-22-23(12-17)32-15-31-22/h4-5,8-12,16,21,24,28-29H,1-3,6-7,13-15H2,(H,27,30)/t21-,24-/m0/s1. The Morgan fingerprint density at radius 1 is 1.03 bits per heavy atom. The van der Waals surface area contributed by atoms with E-state index in [2.05, 4.69) is 39.9 Å². The number of carbonyl (C=O) groups excluding carboxylic acids is 1. The number of amides is 1. The lowest BCUT2D eigenvalue weighted by Crippen LogP contribution is -2.50. The molecule has 1 aliphatic carbocycles. The van der Waals surface area contributed by atoms with Crippen molar-refractivity contribution in [3.8, 4) is 11.5 Å². The van der Waals surface area contributed by atoms with Gasteiger partial charge in [-0.05, 0) is 54.5 Å². The van der Waals surface area contributed by atoms with Crippen LogP contribution in [-0.2, 0) is 11.2 Å². The van der Waals surface area contributed by atoms with Crippen LogP contribution in [0.25, 0.3) is 10.9 Å². The molecular formula is C26H29N3O3. The van der Waals surface area contributed by atoms with Crippen molar-refractivity contribution in [3.05, 3.63) is 59.3 Å². The maximum atomic E-state index is 13.2. The molecule has 1 saturated carbocycles. The van der Waals surface area contributed by atoms with E-state index in [-0.39, 0.29) is 24.8 Å². The number of hydrogen-bond donors (Lipinski definition) is 3. The van der Waals surface area contributed by atoms with E-state index >= 15 is 0 Å². The van der Waals surface area contributed by atoms with Crippen molar-refractivity contribution in [2.45, 2.75) is 50.6 Å². The number of rotatable bonds is 4. The second-order valence-corrected chi connectivity index (χ2v) is 9.28. The van der Waals surface area contributed by atoms with E-state index in [9.17, 15) is 4.79 Å². The summed E-state index contributed by atoms with van der Waals surface area (Å²) >= 11 is 0. The topological polar surface area (TPSA) is 75.4 Å². The van der Waals surface area contributed by atoms with Crippen molar-refractivity contribution in [3.63, 3.8) is 0 Å². The molecule has 3 N–H and O–H groups in total. The Kier molecular flexibility index (Phi) is 5.02. The molecule has 0 spiro atoms. The van der Waals surface area contributed by atoms with Gasteiger partial charge in [-0.2, -0.15) is 0 Å².